The Labute approximate surface area is 274 Å². The number of fused-ring (bicyclic) bond motifs is 1. The summed E-state index contributed by atoms with van der Waals surface area (Å²) in [5.41, 5.74) is 3.32. The van der Waals surface area contributed by atoms with E-state index in [1.807, 2.05) is 12.1 Å². The number of amides is 2. The van der Waals surface area contributed by atoms with Gasteiger partial charge < -0.3 is 25.3 Å². The summed E-state index contributed by atoms with van der Waals surface area (Å²) in [5.74, 6) is -0.838. The Balaban J connectivity index is 1.32. The lowest BCUT2D eigenvalue weighted by Gasteiger charge is -2.20. The minimum Gasteiger partial charge on any atom is -0.481 e. The first-order valence-corrected chi connectivity index (χ1v) is 15.6. The molecule has 2 amide bonds. The van der Waals surface area contributed by atoms with Crippen molar-refractivity contribution in [3.8, 4) is 28.3 Å². The fraction of sp³-hybridized carbons (Fsp3) is 0.324. The van der Waals surface area contributed by atoms with Crippen LogP contribution < -0.4 is 31.9 Å². The first-order chi connectivity index (χ1) is 22.5. The van der Waals surface area contributed by atoms with E-state index >= 15 is 4.39 Å². The number of methoxy groups -OCH3 is 1. The molecule has 11 nitrogen and oxygen atoms in total. The summed E-state index contributed by atoms with van der Waals surface area (Å²) in [6.45, 7) is 2.37. The predicted molar refractivity (Wildman–Crippen MR) is 176 cm³/mol. The zero-order valence-electron chi connectivity index (χ0n) is 26.4. The number of rotatable bonds is 8. The van der Waals surface area contributed by atoms with Crippen LogP contribution in [0.1, 0.15) is 52.4 Å². The molecule has 3 heterocycles. The molecule has 0 spiro atoms. The maximum absolute atomic E-state index is 15.1. The van der Waals surface area contributed by atoms with Gasteiger partial charge in [0.2, 0.25) is 11.8 Å². The molecule has 2 aliphatic rings. The number of pyridine rings is 1. The van der Waals surface area contributed by atoms with Crippen LogP contribution in [0.3, 0.4) is 0 Å². The molecule has 4 aromatic rings. The number of carbonyl (C=O) groups excluding carboxylic acids is 2. The van der Waals surface area contributed by atoms with Crippen molar-refractivity contribution in [2.45, 2.75) is 44.7 Å². The van der Waals surface area contributed by atoms with E-state index in [2.05, 4.69) is 16.0 Å². The number of carbonyl (C=O) groups is 2. The SMILES string of the molecule is COc1nc(-c2cccc(-c3cc(F)cc(NC(=O)c4cn(C)c(=O)n(C)c4=O)c3C)c2Cl)cc2c1C(NCC1CCC(=O)N1)CC2. The minimum absolute atomic E-state index is 0.0327. The molecule has 1 fully saturated rings. The van der Waals surface area contributed by atoms with Crippen molar-refractivity contribution in [2.24, 2.45) is 14.1 Å². The number of anilines is 1. The van der Waals surface area contributed by atoms with Crippen molar-refractivity contribution in [1.29, 1.82) is 0 Å². The fourth-order valence-corrected chi connectivity index (χ4v) is 6.72. The smallest absolute Gasteiger partial charge is 0.330 e. The van der Waals surface area contributed by atoms with Crippen LogP contribution in [0.5, 0.6) is 5.88 Å². The zero-order valence-corrected chi connectivity index (χ0v) is 27.1. The normalized spacial score (nSPS) is 17.0. The number of nitrogens with zero attached hydrogens (tertiary/aromatic N) is 3. The number of ether oxygens (including phenoxy) is 1. The predicted octanol–water partition coefficient (Wildman–Crippen LogP) is 4.03. The number of nitrogens with one attached hydrogen (secondary N) is 3. The lowest BCUT2D eigenvalue weighted by atomic mass is 9.95. The first-order valence-electron chi connectivity index (χ1n) is 15.2. The van der Waals surface area contributed by atoms with Crippen molar-refractivity contribution in [1.82, 2.24) is 24.8 Å². The molecule has 2 unspecified atom stereocenters. The second kappa shape index (κ2) is 12.8. The highest BCUT2D eigenvalue weighted by molar-refractivity contribution is 6.36. The third kappa shape index (κ3) is 6.06. The van der Waals surface area contributed by atoms with Crippen LogP contribution in [-0.2, 0) is 25.3 Å². The van der Waals surface area contributed by atoms with Gasteiger partial charge in [0.1, 0.15) is 11.4 Å². The molecular weight excluding hydrogens is 627 g/mol. The highest BCUT2D eigenvalue weighted by atomic mass is 35.5. The molecule has 244 valence electrons. The van der Waals surface area contributed by atoms with Gasteiger partial charge in [0.05, 0.1) is 17.8 Å². The van der Waals surface area contributed by atoms with E-state index in [0.29, 0.717) is 51.8 Å². The van der Waals surface area contributed by atoms with Gasteiger partial charge >= 0.3 is 5.69 Å². The molecule has 1 aliphatic carbocycles. The molecule has 47 heavy (non-hydrogen) atoms. The van der Waals surface area contributed by atoms with E-state index in [-0.39, 0.29) is 29.2 Å². The lowest BCUT2D eigenvalue weighted by Crippen LogP contribution is -2.40. The Bertz CT molecular complexity index is 2060. The van der Waals surface area contributed by atoms with Crippen molar-refractivity contribution >= 4 is 29.1 Å². The van der Waals surface area contributed by atoms with Gasteiger partial charge in [-0.2, -0.15) is 0 Å². The molecule has 1 saturated heterocycles. The van der Waals surface area contributed by atoms with Gasteiger partial charge in [-0.3, -0.25) is 19.0 Å². The van der Waals surface area contributed by atoms with Crippen LogP contribution in [0.15, 0.2) is 52.2 Å². The van der Waals surface area contributed by atoms with Gasteiger partial charge in [-0.25, -0.2) is 14.2 Å². The largest absolute Gasteiger partial charge is 0.481 e. The van der Waals surface area contributed by atoms with Crippen molar-refractivity contribution < 1.29 is 18.7 Å². The topological polar surface area (TPSA) is 136 Å². The van der Waals surface area contributed by atoms with E-state index in [0.717, 1.165) is 45.7 Å². The van der Waals surface area contributed by atoms with Gasteiger partial charge in [0.25, 0.3) is 11.5 Å². The van der Waals surface area contributed by atoms with Gasteiger partial charge in [0.15, 0.2) is 0 Å². The highest BCUT2D eigenvalue weighted by Crippen LogP contribution is 2.43. The Kier molecular flexibility index (Phi) is 8.73. The van der Waals surface area contributed by atoms with E-state index in [1.54, 1.807) is 26.2 Å². The summed E-state index contributed by atoms with van der Waals surface area (Å²) >= 11 is 7.02. The van der Waals surface area contributed by atoms with Gasteiger partial charge in [-0.05, 0) is 61.1 Å². The van der Waals surface area contributed by atoms with Crippen LogP contribution in [0, 0.1) is 12.7 Å². The number of aryl methyl sites for hydroxylation is 2. The first kappa shape index (κ1) is 32.1. The molecule has 2 atom stereocenters. The van der Waals surface area contributed by atoms with E-state index in [1.165, 1.54) is 26.2 Å². The van der Waals surface area contributed by atoms with E-state index in [4.69, 9.17) is 21.3 Å². The number of hydrogen-bond acceptors (Lipinski definition) is 7. The van der Waals surface area contributed by atoms with Crippen LogP contribution in [0.25, 0.3) is 22.4 Å². The second-order valence-corrected chi connectivity index (χ2v) is 12.3. The van der Waals surface area contributed by atoms with Crippen LogP contribution >= 0.6 is 11.6 Å². The molecule has 0 saturated carbocycles. The quantitative estimate of drug-likeness (QED) is 0.260. The fourth-order valence-electron chi connectivity index (χ4n) is 6.40. The Morgan fingerprint density at radius 3 is 2.60 bits per heavy atom. The van der Waals surface area contributed by atoms with Crippen molar-refractivity contribution in [3.05, 3.63) is 96.5 Å². The maximum atomic E-state index is 15.1. The standard InChI is InChI=1S/C34H34ClFN6O5/c1-17-23(13-19(36)14-26(17)39-31(44)24-16-41(2)34(46)42(3)33(24)45)21-6-5-7-22(30(21)35)27-12-18-8-10-25(29(18)32(40-27)47-4)37-15-20-9-11-28(43)38-20/h5-7,12-14,16,20,25,37H,8-11,15H2,1-4H3,(H,38,43)(H,39,44). The summed E-state index contributed by atoms with van der Waals surface area (Å²) in [7, 11) is 4.29. The average molecular weight is 661 g/mol. The van der Waals surface area contributed by atoms with E-state index in [9.17, 15) is 19.2 Å². The third-order valence-corrected chi connectivity index (χ3v) is 9.33. The zero-order chi connectivity index (χ0) is 33.6. The molecule has 2 aromatic heterocycles. The lowest BCUT2D eigenvalue weighted by molar-refractivity contribution is -0.119. The number of halogens is 2. The van der Waals surface area contributed by atoms with Gasteiger partial charge in [-0.15, -0.1) is 0 Å². The molecule has 6 rings (SSSR count). The number of benzene rings is 2. The summed E-state index contributed by atoms with van der Waals surface area (Å²) in [5, 5.41) is 9.52. The molecule has 2 aromatic carbocycles. The number of aromatic nitrogens is 3. The number of hydrogen-bond donors (Lipinski definition) is 3. The third-order valence-electron chi connectivity index (χ3n) is 8.93. The van der Waals surface area contributed by atoms with Crippen molar-refractivity contribution in [3.63, 3.8) is 0 Å². The Morgan fingerprint density at radius 1 is 1.11 bits per heavy atom. The molecule has 0 bridgehead atoms. The van der Waals surface area contributed by atoms with Crippen LogP contribution in [0.4, 0.5) is 10.1 Å². The summed E-state index contributed by atoms with van der Waals surface area (Å²) < 4.78 is 22.8. The van der Waals surface area contributed by atoms with E-state index < -0.39 is 23.0 Å². The molecular formula is C34H34ClFN6O5. The molecule has 1 aliphatic heterocycles. The minimum atomic E-state index is -0.782. The highest BCUT2D eigenvalue weighted by Gasteiger charge is 2.30. The Morgan fingerprint density at radius 2 is 1.87 bits per heavy atom. The van der Waals surface area contributed by atoms with Crippen LogP contribution in [-0.4, -0.2) is 45.6 Å². The Hall–Kier alpha value is -4.81. The summed E-state index contributed by atoms with van der Waals surface area (Å²) in [6.07, 6.45) is 4.17. The average Bonchev–Trinajstić information content (AvgIpc) is 3.67. The van der Waals surface area contributed by atoms with Crippen LogP contribution in [0.2, 0.25) is 5.02 Å². The molecule has 3 N–H and O–H groups in total. The summed E-state index contributed by atoms with van der Waals surface area (Å²) in [6, 6.07) is 10.0. The van der Waals surface area contributed by atoms with Gasteiger partial charge in [-0.1, -0.05) is 29.8 Å². The maximum Gasteiger partial charge on any atom is 0.330 e. The second-order valence-electron chi connectivity index (χ2n) is 11.9. The summed E-state index contributed by atoms with van der Waals surface area (Å²) in [4.78, 5) is 54.3. The monoisotopic (exact) mass is 660 g/mol. The van der Waals surface area contributed by atoms with Gasteiger partial charge in [0, 0.05) is 67.7 Å². The molecule has 13 heteroatoms. The van der Waals surface area contributed by atoms with Crippen molar-refractivity contribution in [2.75, 3.05) is 19.0 Å². The molecule has 0 radical (unpaired) electrons.